The lowest BCUT2D eigenvalue weighted by atomic mass is 10.1. The highest BCUT2D eigenvalue weighted by Crippen LogP contribution is 2.29. The highest BCUT2D eigenvalue weighted by molar-refractivity contribution is 6.33. The minimum absolute atomic E-state index is 0.164. The van der Waals surface area contributed by atoms with Gasteiger partial charge in [0.25, 0.3) is 5.91 Å². The molecule has 1 aliphatic heterocycles. The minimum atomic E-state index is -0.574. The fraction of sp³-hybridized carbons (Fsp3) is 0.292. The van der Waals surface area contributed by atoms with Crippen molar-refractivity contribution < 1.29 is 23.9 Å². The predicted octanol–water partition coefficient (Wildman–Crippen LogP) is 4.43. The van der Waals surface area contributed by atoms with Gasteiger partial charge in [-0.3, -0.25) is 4.79 Å². The summed E-state index contributed by atoms with van der Waals surface area (Å²) in [4.78, 5) is 39.4. The Morgan fingerprint density at radius 3 is 2.31 bits per heavy atom. The molecule has 1 heterocycles. The van der Waals surface area contributed by atoms with Crippen LogP contribution >= 0.6 is 11.6 Å². The number of carbonyl (C=O) groups is 3. The van der Waals surface area contributed by atoms with Gasteiger partial charge in [0.2, 0.25) is 0 Å². The highest BCUT2D eigenvalue weighted by atomic mass is 35.5. The van der Waals surface area contributed by atoms with Crippen molar-refractivity contribution in [3.05, 3.63) is 70.4 Å². The Balaban J connectivity index is 1.78. The van der Waals surface area contributed by atoms with Gasteiger partial charge in [-0.05, 0) is 64.1 Å². The first-order chi connectivity index (χ1) is 15.1. The molecule has 0 unspecified atom stereocenters. The zero-order valence-corrected chi connectivity index (χ0v) is 19.2. The zero-order chi connectivity index (χ0) is 23.5. The van der Waals surface area contributed by atoms with Gasteiger partial charge < -0.3 is 19.7 Å². The van der Waals surface area contributed by atoms with Crippen LogP contribution in [0.2, 0.25) is 5.02 Å². The summed E-state index contributed by atoms with van der Waals surface area (Å²) in [7, 11) is 0. The topological polar surface area (TPSA) is 84.9 Å². The Kier molecular flexibility index (Phi) is 6.89. The molecular weight excluding hydrogens is 432 g/mol. The number of ether oxygens (including phenoxy) is 2. The third-order valence-electron chi connectivity index (χ3n) is 4.84. The first-order valence-corrected chi connectivity index (χ1v) is 10.6. The van der Waals surface area contributed by atoms with E-state index >= 15 is 0 Å². The first-order valence-electron chi connectivity index (χ1n) is 10.2. The molecule has 1 amide bonds. The first kappa shape index (κ1) is 23.3. The van der Waals surface area contributed by atoms with Gasteiger partial charge in [-0.25, -0.2) is 9.59 Å². The molecular formula is C24H25ClN2O5. The van der Waals surface area contributed by atoms with E-state index < -0.39 is 17.5 Å². The summed E-state index contributed by atoms with van der Waals surface area (Å²) in [5.74, 6) is -1.07. The maximum Gasteiger partial charge on any atom is 0.345 e. The van der Waals surface area contributed by atoms with Crippen molar-refractivity contribution in [2.24, 2.45) is 0 Å². The van der Waals surface area contributed by atoms with Gasteiger partial charge in [0.1, 0.15) is 11.4 Å². The van der Waals surface area contributed by atoms with E-state index in [9.17, 15) is 14.4 Å². The number of benzene rings is 2. The lowest BCUT2D eigenvalue weighted by Gasteiger charge is -2.32. The van der Waals surface area contributed by atoms with Crippen LogP contribution in [0.25, 0.3) is 0 Å². The van der Waals surface area contributed by atoms with Gasteiger partial charge in [-0.2, -0.15) is 0 Å². The molecule has 0 atom stereocenters. The second kappa shape index (κ2) is 9.44. The standard InChI is InChI=1S/C24H25ClN2O5/c1-5-31-22(29)18-14-27(24(2,3)4)21(28)20(18)26-15-10-12-16(13-11-15)32-23(30)17-8-6-7-9-19(17)25/h6-13,26H,5,14H2,1-4H3. The smallest absolute Gasteiger partial charge is 0.345 e. The minimum Gasteiger partial charge on any atom is -0.463 e. The van der Waals surface area contributed by atoms with Crippen molar-refractivity contribution in [1.29, 1.82) is 0 Å². The van der Waals surface area contributed by atoms with Gasteiger partial charge in [0, 0.05) is 11.2 Å². The van der Waals surface area contributed by atoms with Crippen molar-refractivity contribution in [2.45, 2.75) is 33.2 Å². The van der Waals surface area contributed by atoms with E-state index in [-0.39, 0.29) is 35.9 Å². The van der Waals surface area contributed by atoms with Crippen LogP contribution in [0.15, 0.2) is 59.8 Å². The van der Waals surface area contributed by atoms with Crippen LogP contribution < -0.4 is 10.1 Å². The number of anilines is 1. The molecule has 0 saturated heterocycles. The number of hydrogen-bond acceptors (Lipinski definition) is 6. The van der Waals surface area contributed by atoms with Gasteiger partial charge >= 0.3 is 11.9 Å². The molecule has 32 heavy (non-hydrogen) atoms. The quantitative estimate of drug-likeness (QED) is 0.511. The van der Waals surface area contributed by atoms with Crippen LogP contribution in [0, 0.1) is 0 Å². The van der Waals surface area contributed by atoms with Crippen molar-refractivity contribution in [3.63, 3.8) is 0 Å². The van der Waals surface area contributed by atoms with Crippen molar-refractivity contribution in [1.82, 2.24) is 4.90 Å². The Morgan fingerprint density at radius 2 is 1.72 bits per heavy atom. The van der Waals surface area contributed by atoms with Gasteiger partial charge in [0.05, 0.1) is 29.3 Å². The van der Waals surface area contributed by atoms with E-state index in [2.05, 4.69) is 5.32 Å². The Morgan fingerprint density at radius 1 is 1.06 bits per heavy atom. The van der Waals surface area contributed by atoms with Crippen LogP contribution in [0.1, 0.15) is 38.1 Å². The molecule has 3 rings (SSSR count). The molecule has 7 nitrogen and oxygen atoms in total. The Hall–Kier alpha value is -3.32. The van der Waals surface area contributed by atoms with Crippen LogP contribution in [-0.4, -0.2) is 41.4 Å². The fourth-order valence-corrected chi connectivity index (χ4v) is 3.38. The van der Waals surface area contributed by atoms with Gasteiger partial charge in [-0.15, -0.1) is 0 Å². The predicted molar refractivity (Wildman–Crippen MR) is 122 cm³/mol. The summed E-state index contributed by atoms with van der Waals surface area (Å²) in [5.41, 5.74) is 0.817. The molecule has 0 fully saturated rings. The van der Waals surface area contributed by atoms with E-state index in [1.54, 1.807) is 60.4 Å². The average Bonchev–Trinajstić information content (AvgIpc) is 3.06. The SMILES string of the molecule is CCOC(=O)C1=C(Nc2ccc(OC(=O)c3ccccc3Cl)cc2)C(=O)N(C(C)(C)C)C1. The van der Waals surface area contributed by atoms with Crippen LogP contribution in [0.4, 0.5) is 5.69 Å². The second-order valence-electron chi connectivity index (χ2n) is 8.15. The molecule has 0 bridgehead atoms. The number of rotatable bonds is 6. The third-order valence-corrected chi connectivity index (χ3v) is 5.17. The molecule has 8 heteroatoms. The molecule has 0 spiro atoms. The number of esters is 2. The zero-order valence-electron chi connectivity index (χ0n) is 18.4. The summed E-state index contributed by atoms with van der Waals surface area (Å²) in [6.07, 6.45) is 0. The number of nitrogens with zero attached hydrogens (tertiary/aromatic N) is 1. The number of carbonyl (C=O) groups excluding carboxylic acids is 3. The normalized spacial score (nSPS) is 13.9. The molecule has 168 valence electrons. The van der Waals surface area contributed by atoms with Crippen molar-refractivity contribution >= 4 is 35.1 Å². The summed E-state index contributed by atoms with van der Waals surface area (Å²) < 4.78 is 10.5. The van der Waals surface area contributed by atoms with E-state index in [0.717, 1.165) is 0 Å². The summed E-state index contributed by atoms with van der Waals surface area (Å²) in [6, 6.07) is 13.1. The van der Waals surface area contributed by atoms with Crippen LogP contribution in [0.3, 0.4) is 0 Å². The lowest BCUT2D eigenvalue weighted by molar-refractivity contribution is -0.138. The molecule has 1 N–H and O–H groups in total. The van der Waals surface area contributed by atoms with Crippen LogP contribution in [-0.2, 0) is 14.3 Å². The van der Waals surface area contributed by atoms with E-state index in [4.69, 9.17) is 21.1 Å². The summed E-state index contributed by atoms with van der Waals surface area (Å²) in [6.45, 7) is 7.80. The molecule has 0 saturated carbocycles. The van der Waals surface area contributed by atoms with Crippen molar-refractivity contribution in [2.75, 3.05) is 18.5 Å². The second-order valence-corrected chi connectivity index (χ2v) is 8.56. The Bertz CT molecular complexity index is 1070. The lowest BCUT2D eigenvalue weighted by Crippen LogP contribution is -2.44. The fourth-order valence-electron chi connectivity index (χ4n) is 3.17. The molecule has 0 aromatic heterocycles. The summed E-state index contributed by atoms with van der Waals surface area (Å²) >= 11 is 6.04. The average molecular weight is 457 g/mol. The van der Waals surface area contributed by atoms with E-state index in [1.807, 2.05) is 20.8 Å². The maximum atomic E-state index is 13.0. The molecule has 0 radical (unpaired) electrons. The molecule has 1 aliphatic rings. The molecule has 2 aromatic carbocycles. The largest absolute Gasteiger partial charge is 0.463 e. The highest BCUT2D eigenvalue weighted by Gasteiger charge is 2.40. The molecule has 2 aromatic rings. The third kappa shape index (κ3) is 5.11. The number of hydrogen-bond donors (Lipinski definition) is 1. The van der Waals surface area contributed by atoms with Crippen LogP contribution in [0.5, 0.6) is 5.75 Å². The molecule has 0 aliphatic carbocycles. The van der Waals surface area contributed by atoms with Gasteiger partial charge in [0.15, 0.2) is 0 Å². The number of nitrogens with one attached hydrogen (secondary N) is 1. The van der Waals surface area contributed by atoms with Crippen molar-refractivity contribution in [3.8, 4) is 5.75 Å². The number of amides is 1. The monoisotopic (exact) mass is 456 g/mol. The van der Waals surface area contributed by atoms with Gasteiger partial charge in [-0.1, -0.05) is 23.7 Å². The number of halogens is 1. The van der Waals surface area contributed by atoms with E-state index in [0.29, 0.717) is 16.5 Å². The van der Waals surface area contributed by atoms with E-state index in [1.165, 1.54) is 0 Å². The Labute approximate surface area is 191 Å². The summed E-state index contributed by atoms with van der Waals surface area (Å²) in [5, 5.41) is 3.33. The maximum absolute atomic E-state index is 13.0.